The maximum atomic E-state index is 12.5. The van der Waals surface area contributed by atoms with Crippen LogP contribution in [0.3, 0.4) is 0 Å². The average molecular weight is 187 g/mol. The lowest BCUT2D eigenvalue weighted by atomic mass is 9.97. The third-order valence-electron chi connectivity index (χ3n) is 1.14. The molecule has 0 amide bonds. The van der Waals surface area contributed by atoms with Crippen LogP contribution in [0.25, 0.3) is 0 Å². The Morgan fingerprint density at radius 1 is 1.44 bits per heavy atom. The second-order valence-corrected chi connectivity index (χ2v) is 2.66. The molecule has 46 valence electrons. The third kappa shape index (κ3) is 1.33. The first-order valence-corrected chi connectivity index (χ1v) is 3.41. The number of rotatable bonds is 0. The van der Waals surface area contributed by atoms with E-state index < -0.39 is 0 Å². The van der Waals surface area contributed by atoms with Crippen molar-refractivity contribution < 1.29 is 4.39 Å². The van der Waals surface area contributed by atoms with Crippen LogP contribution < -0.4 is 5.46 Å². The second kappa shape index (κ2) is 2.52. The summed E-state index contributed by atoms with van der Waals surface area (Å²) in [6, 6.07) is 4.97. The highest BCUT2D eigenvalue weighted by molar-refractivity contribution is 9.10. The van der Waals surface area contributed by atoms with Gasteiger partial charge in [-0.2, -0.15) is 0 Å². The zero-order valence-electron chi connectivity index (χ0n) is 4.99. The number of hydrogen-bond acceptors (Lipinski definition) is 0. The zero-order chi connectivity index (χ0) is 6.85. The predicted molar refractivity (Wildman–Crippen MR) is 42.3 cm³/mol. The van der Waals surface area contributed by atoms with E-state index in [0.717, 1.165) is 5.46 Å². The lowest BCUT2D eigenvalue weighted by Gasteiger charge is -1.95. The fraction of sp³-hybridized carbons (Fsp3) is 0. The molecule has 0 spiro atoms. The van der Waals surface area contributed by atoms with Crippen LogP contribution in [0, 0.1) is 5.82 Å². The molecule has 0 aliphatic carbocycles. The van der Waals surface area contributed by atoms with Gasteiger partial charge in [0.05, 0.1) is 0 Å². The smallest absolute Gasteiger partial charge is 0.140 e. The van der Waals surface area contributed by atoms with Crippen molar-refractivity contribution in [3.05, 3.63) is 28.5 Å². The maximum Gasteiger partial charge on any atom is 0.140 e. The molecule has 0 unspecified atom stereocenters. The molecule has 1 aromatic rings. The van der Waals surface area contributed by atoms with Gasteiger partial charge >= 0.3 is 0 Å². The van der Waals surface area contributed by atoms with Gasteiger partial charge in [-0.05, 0) is 22.0 Å². The van der Waals surface area contributed by atoms with Crippen molar-refractivity contribution in [1.82, 2.24) is 0 Å². The van der Waals surface area contributed by atoms with E-state index in [0.29, 0.717) is 4.47 Å². The molecule has 0 fully saturated rings. The van der Waals surface area contributed by atoms with Crippen molar-refractivity contribution in [2.24, 2.45) is 0 Å². The van der Waals surface area contributed by atoms with Gasteiger partial charge in [0.2, 0.25) is 0 Å². The average Bonchev–Trinajstić information content (AvgIpc) is 1.83. The predicted octanol–water partition coefficient (Wildman–Crippen LogP) is 0.847. The Kier molecular flexibility index (Phi) is 1.91. The van der Waals surface area contributed by atoms with Crippen LogP contribution in [-0.4, -0.2) is 7.85 Å². The third-order valence-corrected chi connectivity index (χ3v) is 2.15. The summed E-state index contributed by atoms with van der Waals surface area (Å²) >= 11 is 3.10. The minimum atomic E-state index is -0.199. The molecular weight excluding hydrogens is 182 g/mol. The van der Waals surface area contributed by atoms with Gasteiger partial charge < -0.3 is 0 Å². The van der Waals surface area contributed by atoms with Gasteiger partial charge in [-0.3, -0.25) is 0 Å². The maximum absolute atomic E-state index is 12.5. The van der Waals surface area contributed by atoms with Gasteiger partial charge in [0.1, 0.15) is 13.7 Å². The molecule has 0 N–H and O–H groups in total. The molecule has 1 aromatic carbocycles. The van der Waals surface area contributed by atoms with Crippen molar-refractivity contribution in [2.75, 3.05) is 0 Å². The summed E-state index contributed by atoms with van der Waals surface area (Å²) in [7, 11) is 1.85. The van der Waals surface area contributed by atoms with Crippen LogP contribution in [0.2, 0.25) is 0 Å². The molecule has 0 saturated carbocycles. The minimum Gasteiger partial charge on any atom is -0.206 e. The first-order valence-electron chi connectivity index (χ1n) is 2.62. The molecule has 0 heterocycles. The summed E-state index contributed by atoms with van der Waals surface area (Å²) in [6.45, 7) is 0. The number of hydrogen-bond donors (Lipinski definition) is 0. The highest BCUT2D eigenvalue weighted by Crippen LogP contribution is 2.09. The first kappa shape index (κ1) is 6.81. The van der Waals surface area contributed by atoms with E-state index in [9.17, 15) is 4.39 Å². The molecule has 0 bridgehead atoms. The van der Waals surface area contributed by atoms with E-state index in [4.69, 9.17) is 0 Å². The van der Waals surface area contributed by atoms with E-state index in [1.54, 1.807) is 6.07 Å². The molecular formula is C6H5BBrF. The summed E-state index contributed by atoms with van der Waals surface area (Å²) in [5.74, 6) is -0.199. The molecule has 9 heavy (non-hydrogen) atoms. The topological polar surface area (TPSA) is 0 Å². The normalized spacial score (nSPS) is 9.56. The molecule has 0 nitrogen and oxygen atoms in total. The fourth-order valence-electron chi connectivity index (χ4n) is 0.612. The first-order chi connectivity index (χ1) is 4.22. The molecule has 0 radical (unpaired) electrons. The van der Waals surface area contributed by atoms with Crippen molar-refractivity contribution in [2.45, 2.75) is 0 Å². The Labute approximate surface area is 62.6 Å². The standard InChI is InChI=1S/C6H5BBrF/c7-4-2-1-3-5(9)6(4)8/h1-3H,7H2. The van der Waals surface area contributed by atoms with E-state index in [1.807, 2.05) is 13.9 Å². The van der Waals surface area contributed by atoms with Crippen LogP contribution in [0.1, 0.15) is 0 Å². The van der Waals surface area contributed by atoms with Crippen LogP contribution in [0.4, 0.5) is 4.39 Å². The summed E-state index contributed by atoms with van der Waals surface area (Å²) in [5, 5.41) is 0. The fourth-order valence-corrected chi connectivity index (χ4v) is 0.876. The molecule has 0 aliphatic heterocycles. The summed E-state index contributed by atoms with van der Waals surface area (Å²) in [4.78, 5) is 0. The quantitative estimate of drug-likeness (QED) is 0.528. The number of benzene rings is 1. The molecule has 0 aliphatic rings. The van der Waals surface area contributed by atoms with E-state index in [-0.39, 0.29) is 5.82 Å². The van der Waals surface area contributed by atoms with Gasteiger partial charge in [-0.25, -0.2) is 4.39 Å². The van der Waals surface area contributed by atoms with Gasteiger partial charge in [0.25, 0.3) is 0 Å². The Morgan fingerprint density at radius 3 is 2.56 bits per heavy atom. The van der Waals surface area contributed by atoms with Crippen molar-refractivity contribution in [3.63, 3.8) is 0 Å². The van der Waals surface area contributed by atoms with Crippen LogP contribution >= 0.6 is 15.9 Å². The van der Waals surface area contributed by atoms with Gasteiger partial charge in [0.15, 0.2) is 0 Å². The van der Waals surface area contributed by atoms with Crippen molar-refractivity contribution in [1.29, 1.82) is 0 Å². The van der Waals surface area contributed by atoms with E-state index in [2.05, 4.69) is 15.9 Å². The van der Waals surface area contributed by atoms with Gasteiger partial charge in [0, 0.05) is 4.47 Å². The Hall–Kier alpha value is -0.305. The summed E-state index contributed by atoms with van der Waals surface area (Å²) in [5.41, 5.74) is 0.926. The Balaban J connectivity index is 3.25. The van der Waals surface area contributed by atoms with Crippen molar-refractivity contribution in [3.8, 4) is 0 Å². The monoisotopic (exact) mass is 186 g/mol. The largest absolute Gasteiger partial charge is 0.206 e. The van der Waals surface area contributed by atoms with E-state index >= 15 is 0 Å². The molecule has 3 heteroatoms. The Morgan fingerprint density at radius 2 is 2.11 bits per heavy atom. The van der Waals surface area contributed by atoms with Gasteiger partial charge in [-0.15, -0.1) is 0 Å². The zero-order valence-corrected chi connectivity index (χ0v) is 6.57. The summed E-state index contributed by atoms with van der Waals surface area (Å²) < 4.78 is 13.1. The van der Waals surface area contributed by atoms with Crippen molar-refractivity contribution >= 4 is 29.2 Å². The van der Waals surface area contributed by atoms with Gasteiger partial charge in [-0.1, -0.05) is 17.6 Å². The minimum absolute atomic E-state index is 0.199. The van der Waals surface area contributed by atoms with E-state index in [1.165, 1.54) is 6.07 Å². The highest BCUT2D eigenvalue weighted by atomic mass is 79.9. The lowest BCUT2D eigenvalue weighted by molar-refractivity contribution is 0.622. The van der Waals surface area contributed by atoms with Crippen LogP contribution in [-0.2, 0) is 0 Å². The molecule has 0 aromatic heterocycles. The SMILES string of the molecule is Bc1cccc(F)c1Br. The number of halogens is 2. The molecule has 0 atom stereocenters. The van der Waals surface area contributed by atoms with Crippen LogP contribution in [0.5, 0.6) is 0 Å². The molecule has 1 rings (SSSR count). The summed E-state index contributed by atoms with van der Waals surface area (Å²) in [6.07, 6.45) is 0. The van der Waals surface area contributed by atoms with Crippen LogP contribution in [0.15, 0.2) is 22.7 Å². The highest BCUT2D eigenvalue weighted by Gasteiger charge is 1.97. The molecule has 0 saturated heterocycles. The second-order valence-electron chi connectivity index (χ2n) is 1.87. The Bertz CT molecular complexity index is 204. The lowest BCUT2D eigenvalue weighted by Crippen LogP contribution is -2.04.